The van der Waals surface area contributed by atoms with Crippen molar-refractivity contribution in [2.45, 2.75) is 25.8 Å². The van der Waals surface area contributed by atoms with Gasteiger partial charge in [0.25, 0.3) is 5.91 Å². The SMILES string of the molecule is CC(C)c1ccc(NC(=O)C(c2ccccc2)N(C)c2ccccc2)cc1. The van der Waals surface area contributed by atoms with Gasteiger partial charge in [-0.25, -0.2) is 0 Å². The molecule has 3 aromatic rings. The van der Waals surface area contributed by atoms with Crippen LogP contribution < -0.4 is 10.2 Å². The maximum Gasteiger partial charge on any atom is 0.251 e. The van der Waals surface area contributed by atoms with Gasteiger partial charge in [-0.3, -0.25) is 4.79 Å². The summed E-state index contributed by atoms with van der Waals surface area (Å²) in [7, 11) is 1.95. The molecular weight excluding hydrogens is 332 g/mol. The summed E-state index contributed by atoms with van der Waals surface area (Å²) in [5.41, 5.74) is 4.03. The summed E-state index contributed by atoms with van der Waals surface area (Å²) in [4.78, 5) is 15.2. The molecule has 138 valence electrons. The van der Waals surface area contributed by atoms with Gasteiger partial charge < -0.3 is 10.2 Å². The minimum Gasteiger partial charge on any atom is -0.359 e. The Bertz CT molecular complexity index is 858. The van der Waals surface area contributed by atoms with Crippen LogP contribution in [-0.4, -0.2) is 13.0 Å². The molecular formula is C24H26N2O. The zero-order chi connectivity index (χ0) is 19.2. The van der Waals surface area contributed by atoms with E-state index in [0.29, 0.717) is 5.92 Å². The average Bonchev–Trinajstić information content (AvgIpc) is 2.70. The van der Waals surface area contributed by atoms with Gasteiger partial charge in [-0.2, -0.15) is 0 Å². The van der Waals surface area contributed by atoms with Crippen LogP contribution in [0.1, 0.15) is 36.9 Å². The van der Waals surface area contributed by atoms with Crippen LogP contribution in [0.3, 0.4) is 0 Å². The molecule has 0 aliphatic heterocycles. The molecule has 0 aliphatic carbocycles. The van der Waals surface area contributed by atoms with E-state index in [2.05, 4.69) is 31.3 Å². The van der Waals surface area contributed by atoms with E-state index in [1.165, 1.54) is 5.56 Å². The van der Waals surface area contributed by atoms with Gasteiger partial charge in [0.2, 0.25) is 0 Å². The molecule has 27 heavy (non-hydrogen) atoms. The van der Waals surface area contributed by atoms with E-state index in [0.717, 1.165) is 16.9 Å². The van der Waals surface area contributed by atoms with Gasteiger partial charge in [0.15, 0.2) is 0 Å². The number of anilines is 2. The molecule has 1 N–H and O–H groups in total. The third-order valence-electron chi connectivity index (χ3n) is 4.76. The zero-order valence-corrected chi connectivity index (χ0v) is 16.1. The first-order valence-electron chi connectivity index (χ1n) is 9.30. The number of carbonyl (C=O) groups excluding carboxylic acids is 1. The summed E-state index contributed by atoms with van der Waals surface area (Å²) in [5, 5.41) is 3.08. The quantitative estimate of drug-likeness (QED) is 0.620. The second kappa shape index (κ2) is 8.54. The second-order valence-electron chi connectivity index (χ2n) is 7.03. The highest BCUT2D eigenvalue weighted by Crippen LogP contribution is 2.27. The van der Waals surface area contributed by atoms with E-state index < -0.39 is 6.04 Å². The fourth-order valence-corrected chi connectivity index (χ4v) is 3.16. The van der Waals surface area contributed by atoms with E-state index in [-0.39, 0.29) is 5.91 Å². The molecule has 3 heteroatoms. The van der Waals surface area contributed by atoms with Crippen molar-refractivity contribution in [2.24, 2.45) is 0 Å². The van der Waals surface area contributed by atoms with Crippen LogP contribution in [0, 0.1) is 0 Å². The number of amides is 1. The van der Waals surface area contributed by atoms with Crippen molar-refractivity contribution in [3.63, 3.8) is 0 Å². The van der Waals surface area contributed by atoms with Crippen molar-refractivity contribution < 1.29 is 4.79 Å². The van der Waals surface area contributed by atoms with Gasteiger partial charge in [0.1, 0.15) is 6.04 Å². The number of benzene rings is 3. The van der Waals surface area contributed by atoms with Crippen molar-refractivity contribution in [2.75, 3.05) is 17.3 Å². The van der Waals surface area contributed by atoms with E-state index >= 15 is 0 Å². The Morgan fingerprint density at radius 1 is 0.778 bits per heavy atom. The molecule has 1 amide bonds. The first-order chi connectivity index (χ1) is 13.1. The Kier molecular flexibility index (Phi) is 5.92. The van der Waals surface area contributed by atoms with Crippen LogP contribution in [-0.2, 0) is 4.79 Å². The average molecular weight is 358 g/mol. The van der Waals surface area contributed by atoms with Crippen molar-refractivity contribution in [1.29, 1.82) is 0 Å². The van der Waals surface area contributed by atoms with Crippen LogP contribution in [0.25, 0.3) is 0 Å². The molecule has 0 saturated carbocycles. The van der Waals surface area contributed by atoms with Gasteiger partial charge in [-0.1, -0.05) is 74.5 Å². The standard InChI is InChI=1S/C24H26N2O/c1-18(2)19-14-16-21(17-15-19)25-24(27)23(20-10-6-4-7-11-20)26(3)22-12-8-5-9-13-22/h4-18,23H,1-3H3,(H,25,27). The van der Waals surface area contributed by atoms with Gasteiger partial charge >= 0.3 is 0 Å². The minimum absolute atomic E-state index is 0.0511. The summed E-state index contributed by atoms with van der Waals surface area (Å²) < 4.78 is 0. The molecule has 0 heterocycles. The van der Waals surface area contributed by atoms with E-state index in [4.69, 9.17) is 0 Å². The zero-order valence-electron chi connectivity index (χ0n) is 16.1. The number of likely N-dealkylation sites (N-methyl/N-ethyl adjacent to an activating group) is 1. The lowest BCUT2D eigenvalue weighted by Gasteiger charge is -2.29. The fourth-order valence-electron chi connectivity index (χ4n) is 3.16. The monoisotopic (exact) mass is 358 g/mol. The van der Waals surface area contributed by atoms with Crippen molar-refractivity contribution in [3.05, 3.63) is 96.1 Å². The molecule has 0 spiro atoms. The molecule has 0 bridgehead atoms. The molecule has 3 rings (SSSR count). The number of carbonyl (C=O) groups is 1. The van der Waals surface area contributed by atoms with Gasteiger partial charge in [0, 0.05) is 18.4 Å². The Morgan fingerprint density at radius 3 is 1.89 bits per heavy atom. The number of hydrogen-bond acceptors (Lipinski definition) is 2. The van der Waals surface area contributed by atoms with Crippen LogP contribution in [0.5, 0.6) is 0 Å². The number of nitrogens with one attached hydrogen (secondary N) is 1. The topological polar surface area (TPSA) is 32.3 Å². The van der Waals surface area contributed by atoms with Crippen LogP contribution in [0.4, 0.5) is 11.4 Å². The highest BCUT2D eigenvalue weighted by molar-refractivity contribution is 5.97. The summed E-state index contributed by atoms with van der Waals surface area (Å²) >= 11 is 0. The highest BCUT2D eigenvalue weighted by atomic mass is 16.2. The predicted octanol–water partition coefficient (Wildman–Crippen LogP) is 5.63. The Balaban J connectivity index is 1.87. The Hall–Kier alpha value is -3.07. The molecule has 0 radical (unpaired) electrons. The summed E-state index contributed by atoms with van der Waals surface area (Å²) in [6.45, 7) is 4.32. The third kappa shape index (κ3) is 4.56. The van der Waals surface area contributed by atoms with Crippen molar-refractivity contribution in [1.82, 2.24) is 0 Å². The second-order valence-corrected chi connectivity index (χ2v) is 7.03. The van der Waals surface area contributed by atoms with Crippen LogP contribution in [0.15, 0.2) is 84.9 Å². The van der Waals surface area contributed by atoms with E-state index in [9.17, 15) is 4.79 Å². The molecule has 0 aliphatic rings. The lowest BCUT2D eigenvalue weighted by molar-refractivity contribution is -0.117. The number of hydrogen-bond donors (Lipinski definition) is 1. The summed E-state index contributed by atoms with van der Waals surface area (Å²) in [6.07, 6.45) is 0. The molecule has 3 aromatic carbocycles. The molecule has 0 fully saturated rings. The summed E-state index contributed by atoms with van der Waals surface area (Å²) in [5.74, 6) is 0.417. The van der Waals surface area contributed by atoms with E-state index in [1.807, 2.05) is 84.7 Å². The smallest absolute Gasteiger partial charge is 0.251 e. The lowest BCUT2D eigenvalue weighted by atomic mass is 10.0. The predicted molar refractivity (Wildman–Crippen MR) is 113 cm³/mol. The van der Waals surface area contributed by atoms with Gasteiger partial charge in [-0.15, -0.1) is 0 Å². The van der Waals surface area contributed by atoms with Crippen molar-refractivity contribution in [3.8, 4) is 0 Å². The minimum atomic E-state index is -0.418. The number of para-hydroxylation sites is 1. The molecule has 1 unspecified atom stereocenters. The molecule has 3 nitrogen and oxygen atoms in total. The summed E-state index contributed by atoms with van der Waals surface area (Å²) in [6, 6.07) is 27.5. The maximum atomic E-state index is 13.2. The van der Waals surface area contributed by atoms with Gasteiger partial charge in [0.05, 0.1) is 0 Å². The lowest BCUT2D eigenvalue weighted by Crippen LogP contribution is -2.34. The first-order valence-corrected chi connectivity index (χ1v) is 9.30. The van der Waals surface area contributed by atoms with E-state index in [1.54, 1.807) is 0 Å². The van der Waals surface area contributed by atoms with Crippen LogP contribution >= 0.6 is 0 Å². The van der Waals surface area contributed by atoms with Gasteiger partial charge in [-0.05, 0) is 41.3 Å². The largest absolute Gasteiger partial charge is 0.359 e. The number of nitrogens with zero attached hydrogens (tertiary/aromatic N) is 1. The first kappa shape index (κ1) is 18.7. The highest BCUT2D eigenvalue weighted by Gasteiger charge is 2.25. The van der Waals surface area contributed by atoms with Crippen molar-refractivity contribution >= 4 is 17.3 Å². The molecule has 0 aromatic heterocycles. The molecule has 1 atom stereocenters. The Morgan fingerprint density at radius 2 is 1.33 bits per heavy atom. The maximum absolute atomic E-state index is 13.2. The Labute approximate surface area is 161 Å². The molecule has 0 saturated heterocycles. The van der Waals surface area contributed by atoms with Crippen LogP contribution in [0.2, 0.25) is 0 Å². The third-order valence-corrected chi connectivity index (χ3v) is 4.76. The normalized spacial score (nSPS) is 11.9. The number of rotatable bonds is 6. The fraction of sp³-hybridized carbons (Fsp3) is 0.208.